The Morgan fingerprint density at radius 3 is 2.52 bits per heavy atom. The molecule has 4 heteroatoms. The van der Waals surface area contributed by atoms with E-state index in [0.717, 1.165) is 31.5 Å². The zero-order valence-corrected chi connectivity index (χ0v) is 13.4. The molecule has 0 bridgehead atoms. The molecule has 0 spiro atoms. The Kier molecular flexibility index (Phi) is 8.67. The van der Waals surface area contributed by atoms with Crippen LogP contribution in [0.15, 0.2) is 24.3 Å². The molecule has 1 aromatic carbocycles. The molecule has 0 aliphatic carbocycles. The van der Waals surface area contributed by atoms with Crippen molar-refractivity contribution in [2.24, 2.45) is 0 Å². The lowest BCUT2D eigenvalue weighted by Gasteiger charge is -2.16. The standard InChI is InChI=1S/C17H28N2O2/c1-3-4-5-6-7-13-18(2)14-9-11-16-10-8-12-17(15-16)19(20)21/h8,10,12,15H,3-7,9,11,13-14H2,1-2H3. The monoisotopic (exact) mass is 292 g/mol. The number of nitrogens with zero attached hydrogens (tertiary/aromatic N) is 2. The van der Waals surface area contributed by atoms with Crippen molar-refractivity contribution >= 4 is 5.69 Å². The van der Waals surface area contributed by atoms with Crippen molar-refractivity contribution in [2.75, 3.05) is 20.1 Å². The van der Waals surface area contributed by atoms with Gasteiger partial charge in [-0.05, 0) is 45.0 Å². The molecule has 0 unspecified atom stereocenters. The van der Waals surface area contributed by atoms with Gasteiger partial charge in [-0.15, -0.1) is 0 Å². The SMILES string of the molecule is CCCCCCCN(C)CCCc1cccc([N+](=O)[O-])c1. The van der Waals surface area contributed by atoms with Crippen molar-refractivity contribution < 1.29 is 4.92 Å². The average molecular weight is 292 g/mol. The Hall–Kier alpha value is -1.42. The van der Waals surface area contributed by atoms with Crippen molar-refractivity contribution in [2.45, 2.75) is 51.9 Å². The summed E-state index contributed by atoms with van der Waals surface area (Å²) in [7, 11) is 2.16. The van der Waals surface area contributed by atoms with Crippen LogP contribution in [0.5, 0.6) is 0 Å². The van der Waals surface area contributed by atoms with E-state index in [9.17, 15) is 10.1 Å². The Morgan fingerprint density at radius 1 is 1.10 bits per heavy atom. The summed E-state index contributed by atoms with van der Waals surface area (Å²) in [6.07, 6.45) is 8.53. The van der Waals surface area contributed by atoms with Gasteiger partial charge >= 0.3 is 0 Å². The summed E-state index contributed by atoms with van der Waals surface area (Å²) in [6, 6.07) is 6.97. The lowest BCUT2D eigenvalue weighted by molar-refractivity contribution is -0.384. The van der Waals surface area contributed by atoms with E-state index in [1.165, 1.54) is 32.1 Å². The van der Waals surface area contributed by atoms with E-state index in [2.05, 4.69) is 18.9 Å². The van der Waals surface area contributed by atoms with Gasteiger partial charge in [-0.25, -0.2) is 0 Å². The molecular weight excluding hydrogens is 264 g/mol. The Morgan fingerprint density at radius 2 is 1.81 bits per heavy atom. The minimum atomic E-state index is -0.327. The van der Waals surface area contributed by atoms with E-state index in [-0.39, 0.29) is 10.6 Å². The van der Waals surface area contributed by atoms with Gasteiger partial charge < -0.3 is 4.90 Å². The quantitative estimate of drug-likeness (QED) is 0.344. The fraction of sp³-hybridized carbons (Fsp3) is 0.647. The first-order valence-electron chi connectivity index (χ1n) is 8.05. The van der Waals surface area contributed by atoms with Crippen LogP contribution in [-0.4, -0.2) is 30.0 Å². The van der Waals surface area contributed by atoms with Gasteiger partial charge in [-0.2, -0.15) is 0 Å². The molecule has 0 fully saturated rings. The summed E-state index contributed by atoms with van der Waals surface area (Å²) in [4.78, 5) is 12.8. The number of hydrogen-bond donors (Lipinski definition) is 0. The molecule has 0 saturated carbocycles. The van der Waals surface area contributed by atoms with Gasteiger partial charge in [0.05, 0.1) is 4.92 Å². The van der Waals surface area contributed by atoms with Crippen LogP contribution in [0.25, 0.3) is 0 Å². The topological polar surface area (TPSA) is 46.4 Å². The molecule has 21 heavy (non-hydrogen) atoms. The molecule has 0 saturated heterocycles. The van der Waals surface area contributed by atoms with Crippen molar-refractivity contribution in [3.05, 3.63) is 39.9 Å². The Labute approximate surface area is 128 Å². The fourth-order valence-electron chi connectivity index (χ4n) is 2.48. The first-order chi connectivity index (χ1) is 10.1. The van der Waals surface area contributed by atoms with E-state index < -0.39 is 0 Å². The highest BCUT2D eigenvalue weighted by Crippen LogP contribution is 2.14. The van der Waals surface area contributed by atoms with Crippen molar-refractivity contribution in [1.82, 2.24) is 4.90 Å². The van der Waals surface area contributed by atoms with Gasteiger partial charge in [0.15, 0.2) is 0 Å². The van der Waals surface area contributed by atoms with Gasteiger partial charge in [0, 0.05) is 12.1 Å². The molecule has 0 amide bonds. The predicted molar refractivity (Wildman–Crippen MR) is 87.7 cm³/mol. The number of non-ortho nitro benzene ring substituents is 1. The average Bonchev–Trinajstić information content (AvgIpc) is 2.47. The largest absolute Gasteiger partial charge is 0.306 e. The molecule has 1 aromatic rings. The predicted octanol–water partition coefficient (Wildman–Crippen LogP) is 4.43. The highest BCUT2D eigenvalue weighted by atomic mass is 16.6. The molecule has 1 rings (SSSR count). The summed E-state index contributed by atoms with van der Waals surface area (Å²) in [6.45, 7) is 4.44. The van der Waals surface area contributed by atoms with Gasteiger partial charge in [0.25, 0.3) is 5.69 Å². The minimum Gasteiger partial charge on any atom is -0.306 e. The maximum absolute atomic E-state index is 10.7. The van der Waals surface area contributed by atoms with Crippen molar-refractivity contribution in [3.8, 4) is 0 Å². The van der Waals surface area contributed by atoms with Crippen molar-refractivity contribution in [3.63, 3.8) is 0 Å². The van der Waals surface area contributed by atoms with Crippen LogP contribution in [0.1, 0.15) is 51.0 Å². The first kappa shape index (κ1) is 17.6. The second-order valence-electron chi connectivity index (χ2n) is 5.75. The smallest absolute Gasteiger partial charge is 0.269 e. The molecule has 0 radical (unpaired) electrons. The summed E-state index contributed by atoms with van der Waals surface area (Å²) in [5.41, 5.74) is 1.25. The third-order valence-electron chi connectivity index (χ3n) is 3.77. The number of benzene rings is 1. The van der Waals surface area contributed by atoms with Crippen LogP contribution < -0.4 is 0 Å². The highest BCUT2D eigenvalue weighted by Gasteiger charge is 2.05. The van der Waals surface area contributed by atoms with E-state index >= 15 is 0 Å². The molecule has 0 N–H and O–H groups in total. The molecule has 0 heterocycles. The Balaban J connectivity index is 2.17. The highest BCUT2D eigenvalue weighted by molar-refractivity contribution is 5.34. The lowest BCUT2D eigenvalue weighted by atomic mass is 10.1. The molecule has 4 nitrogen and oxygen atoms in total. The third-order valence-corrected chi connectivity index (χ3v) is 3.77. The number of rotatable bonds is 11. The van der Waals surface area contributed by atoms with Crippen LogP contribution in [0.3, 0.4) is 0 Å². The van der Waals surface area contributed by atoms with Gasteiger partial charge in [0.2, 0.25) is 0 Å². The summed E-state index contributed by atoms with van der Waals surface area (Å²) < 4.78 is 0. The molecule has 0 atom stereocenters. The van der Waals surface area contributed by atoms with Gasteiger partial charge in [-0.3, -0.25) is 10.1 Å². The number of nitro benzene ring substituents is 1. The summed E-state index contributed by atoms with van der Waals surface area (Å²) in [5, 5.41) is 10.7. The van der Waals surface area contributed by atoms with Crippen LogP contribution in [0.2, 0.25) is 0 Å². The molecule has 0 aromatic heterocycles. The zero-order valence-electron chi connectivity index (χ0n) is 13.4. The number of unbranched alkanes of at least 4 members (excludes halogenated alkanes) is 4. The Bertz CT molecular complexity index is 421. The zero-order chi connectivity index (χ0) is 15.5. The minimum absolute atomic E-state index is 0.191. The maximum atomic E-state index is 10.7. The fourth-order valence-corrected chi connectivity index (χ4v) is 2.48. The van der Waals surface area contributed by atoms with Crippen LogP contribution in [0, 0.1) is 10.1 Å². The molecule has 118 valence electrons. The number of aryl methyl sites for hydroxylation is 1. The lowest BCUT2D eigenvalue weighted by Crippen LogP contribution is -2.21. The summed E-state index contributed by atoms with van der Waals surface area (Å²) in [5.74, 6) is 0. The van der Waals surface area contributed by atoms with E-state index in [4.69, 9.17) is 0 Å². The van der Waals surface area contributed by atoms with Crippen LogP contribution in [-0.2, 0) is 6.42 Å². The maximum Gasteiger partial charge on any atom is 0.269 e. The second kappa shape index (κ2) is 10.3. The van der Waals surface area contributed by atoms with Gasteiger partial charge in [0.1, 0.15) is 0 Å². The third kappa shape index (κ3) is 7.81. The van der Waals surface area contributed by atoms with E-state index in [0.29, 0.717) is 0 Å². The molecule has 0 aliphatic heterocycles. The number of nitro groups is 1. The van der Waals surface area contributed by atoms with Gasteiger partial charge in [-0.1, -0.05) is 44.7 Å². The van der Waals surface area contributed by atoms with Crippen molar-refractivity contribution in [1.29, 1.82) is 0 Å². The normalized spacial score (nSPS) is 11.0. The van der Waals surface area contributed by atoms with Crippen LogP contribution >= 0.6 is 0 Å². The summed E-state index contributed by atoms with van der Waals surface area (Å²) >= 11 is 0. The second-order valence-corrected chi connectivity index (χ2v) is 5.75. The van der Waals surface area contributed by atoms with E-state index in [1.54, 1.807) is 18.2 Å². The first-order valence-corrected chi connectivity index (χ1v) is 8.05. The van der Waals surface area contributed by atoms with E-state index in [1.807, 2.05) is 6.07 Å². The number of hydrogen-bond acceptors (Lipinski definition) is 3. The molecule has 0 aliphatic rings. The van der Waals surface area contributed by atoms with Crippen LogP contribution in [0.4, 0.5) is 5.69 Å². The molecular formula is C17H28N2O2.